The van der Waals surface area contributed by atoms with Crippen LogP contribution in [0, 0.1) is 23.2 Å². The molecule has 2 aromatic rings. The van der Waals surface area contributed by atoms with Crippen LogP contribution in [0.25, 0.3) is 0 Å². The zero-order valence-corrected chi connectivity index (χ0v) is 18.2. The summed E-state index contributed by atoms with van der Waals surface area (Å²) >= 11 is 2.56. The fourth-order valence-electron chi connectivity index (χ4n) is 5.93. The maximum Gasteiger partial charge on any atom is 0.234 e. The summed E-state index contributed by atoms with van der Waals surface area (Å²) in [5, 5.41) is 14.1. The summed E-state index contributed by atoms with van der Waals surface area (Å²) in [6, 6.07) is 7.38. The molecule has 158 valence electrons. The molecule has 1 heterocycles. The molecule has 0 spiro atoms. The van der Waals surface area contributed by atoms with Gasteiger partial charge in [0.15, 0.2) is 4.34 Å². The molecule has 0 aliphatic heterocycles. The smallest absolute Gasteiger partial charge is 0.234 e. The fourth-order valence-corrected chi connectivity index (χ4v) is 7.37. The number of hydrogen-bond donors (Lipinski definition) is 3. The second-order valence-electron chi connectivity index (χ2n) is 8.98. The van der Waals surface area contributed by atoms with Crippen molar-refractivity contribution in [2.75, 3.05) is 22.1 Å². The van der Waals surface area contributed by atoms with E-state index in [1.165, 1.54) is 42.4 Å². The van der Waals surface area contributed by atoms with Gasteiger partial charge in [0.25, 0.3) is 0 Å². The molecule has 6 rings (SSSR count). The minimum atomic E-state index is -0.186. The van der Waals surface area contributed by atoms with Crippen molar-refractivity contribution in [3.63, 3.8) is 0 Å². The van der Waals surface area contributed by atoms with Crippen molar-refractivity contribution in [3.8, 4) is 0 Å². The number of rotatable bonds is 6. The van der Waals surface area contributed by atoms with E-state index in [-0.39, 0.29) is 23.0 Å². The Morgan fingerprint density at radius 2 is 1.70 bits per heavy atom. The van der Waals surface area contributed by atoms with Crippen molar-refractivity contribution >= 4 is 51.4 Å². The van der Waals surface area contributed by atoms with Gasteiger partial charge in [-0.05, 0) is 74.5 Å². The minimum absolute atomic E-state index is 0.140. The van der Waals surface area contributed by atoms with E-state index in [0.29, 0.717) is 15.2 Å². The Morgan fingerprint density at radius 1 is 1.07 bits per heavy atom. The number of nitrogen functional groups attached to an aromatic ring is 1. The average molecular weight is 444 g/mol. The highest BCUT2D eigenvalue weighted by Gasteiger charge is 2.54. The standard InChI is InChI=1S/C21H25N5O2S2/c22-19-25-26-20(30-19)29-11-17(27)23-15-2-1-3-16(7-15)24-18(28)21-8-12-4-13(9-21)6-14(5-12)10-21/h1-3,7,12-14H,4-6,8-11H2,(H2,22,25)(H,23,27)(H,24,28). The summed E-state index contributed by atoms with van der Waals surface area (Å²) in [5.74, 6) is 2.43. The van der Waals surface area contributed by atoms with Gasteiger partial charge in [-0.1, -0.05) is 29.2 Å². The molecule has 4 aliphatic rings. The molecule has 7 nitrogen and oxygen atoms in total. The quantitative estimate of drug-likeness (QED) is 0.582. The third kappa shape index (κ3) is 4.05. The molecular weight excluding hydrogens is 418 g/mol. The molecule has 4 N–H and O–H groups in total. The predicted molar refractivity (Wildman–Crippen MR) is 119 cm³/mol. The molecule has 0 radical (unpaired) electrons. The number of thioether (sulfide) groups is 1. The van der Waals surface area contributed by atoms with Gasteiger partial charge in [0.05, 0.1) is 11.2 Å². The van der Waals surface area contributed by atoms with Crippen LogP contribution in [0.5, 0.6) is 0 Å². The van der Waals surface area contributed by atoms with Gasteiger partial charge in [-0.3, -0.25) is 9.59 Å². The second kappa shape index (κ2) is 7.85. The summed E-state index contributed by atoms with van der Waals surface area (Å²) in [7, 11) is 0. The largest absolute Gasteiger partial charge is 0.374 e. The van der Waals surface area contributed by atoms with Crippen LogP contribution in [-0.4, -0.2) is 27.8 Å². The monoisotopic (exact) mass is 443 g/mol. The van der Waals surface area contributed by atoms with Gasteiger partial charge in [-0.15, -0.1) is 10.2 Å². The van der Waals surface area contributed by atoms with E-state index in [2.05, 4.69) is 20.8 Å². The molecule has 1 aromatic heterocycles. The number of benzene rings is 1. The van der Waals surface area contributed by atoms with Crippen molar-refractivity contribution in [3.05, 3.63) is 24.3 Å². The lowest BCUT2D eigenvalue weighted by molar-refractivity contribution is -0.140. The Bertz CT molecular complexity index is 941. The predicted octanol–water partition coefficient (Wildman–Crippen LogP) is 4.01. The van der Waals surface area contributed by atoms with Gasteiger partial charge in [0.2, 0.25) is 16.9 Å². The Balaban J connectivity index is 1.20. The highest BCUT2D eigenvalue weighted by molar-refractivity contribution is 8.01. The SMILES string of the molecule is Nc1nnc(SCC(=O)Nc2cccc(NC(=O)C34CC5CC(CC(C5)C3)C4)c2)s1. The summed E-state index contributed by atoms with van der Waals surface area (Å²) in [6.45, 7) is 0. The van der Waals surface area contributed by atoms with Crippen LogP contribution in [0.1, 0.15) is 38.5 Å². The Kier molecular flexibility index (Phi) is 5.18. The first kappa shape index (κ1) is 19.8. The molecule has 4 saturated carbocycles. The van der Waals surface area contributed by atoms with Gasteiger partial charge in [-0.25, -0.2) is 0 Å². The van der Waals surface area contributed by atoms with E-state index in [1.54, 1.807) is 0 Å². The second-order valence-corrected chi connectivity index (χ2v) is 11.2. The molecule has 0 saturated heterocycles. The number of aromatic nitrogens is 2. The van der Waals surface area contributed by atoms with Crippen molar-refractivity contribution in [1.29, 1.82) is 0 Å². The lowest BCUT2D eigenvalue weighted by Crippen LogP contribution is -2.51. The van der Waals surface area contributed by atoms with Crippen LogP contribution in [0.2, 0.25) is 0 Å². The van der Waals surface area contributed by atoms with E-state index >= 15 is 0 Å². The number of amides is 2. The van der Waals surface area contributed by atoms with Crippen LogP contribution in [0.15, 0.2) is 28.6 Å². The van der Waals surface area contributed by atoms with Crippen LogP contribution in [0.4, 0.5) is 16.5 Å². The molecule has 0 unspecified atom stereocenters. The maximum absolute atomic E-state index is 13.2. The summed E-state index contributed by atoms with van der Waals surface area (Å²) < 4.78 is 0.666. The molecule has 4 fully saturated rings. The highest BCUT2D eigenvalue weighted by Crippen LogP contribution is 2.60. The lowest BCUT2D eigenvalue weighted by atomic mass is 9.49. The number of nitrogens with zero attached hydrogens (tertiary/aromatic N) is 2. The van der Waals surface area contributed by atoms with Crippen LogP contribution < -0.4 is 16.4 Å². The van der Waals surface area contributed by atoms with E-state index in [0.717, 1.165) is 42.7 Å². The van der Waals surface area contributed by atoms with Crippen molar-refractivity contribution in [2.24, 2.45) is 23.2 Å². The van der Waals surface area contributed by atoms with Crippen LogP contribution in [0.3, 0.4) is 0 Å². The first-order valence-electron chi connectivity index (χ1n) is 10.4. The number of hydrogen-bond acceptors (Lipinski definition) is 7. The maximum atomic E-state index is 13.2. The van der Waals surface area contributed by atoms with Gasteiger partial charge in [0, 0.05) is 11.4 Å². The third-order valence-electron chi connectivity index (χ3n) is 6.67. The van der Waals surface area contributed by atoms with Gasteiger partial charge >= 0.3 is 0 Å². The molecule has 2 amide bonds. The number of nitrogens with one attached hydrogen (secondary N) is 2. The average Bonchev–Trinajstić information content (AvgIpc) is 3.11. The van der Waals surface area contributed by atoms with Crippen molar-refractivity contribution in [2.45, 2.75) is 42.9 Å². The van der Waals surface area contributed by atoms with Crippen molar-refractivity contribution < 1.29 is 9.59 Å². The van der Waals surface area contributed by atoms with Crippen molar-refractivity contribution in [1.82, 2.24) is 10.2 Å². The normalized spacial score (nSPS) is 29.0. The Morgan fingerprint density at radius 3 is 2.30 bits per heavy atom. The zero-order valence-electron chi connectivity index (χ0n) is 16.6. The summed E-state index contributed by atoms with van der Waals surface area (Å²) in [4.78, 5) is 25.5. The van der Waals surface area contributed by atoms with E-state index in [9.17, 15) is 9.59 Å². The fraction of sp³-hybridized carbons (Fsp3) is 0.524. The highest BCUT2D eigenvalue weighted by atomic mass is 32.2. The zero-order chi connectivity index (χ0) is 20.7. The molecule has 9 heteroatoms. The lowest BCUT2D eigenvalue weighted by Gasteiger charge is -2.55. The number of carbonyl (C=O) groups excluding carboxylic acids is 2. The Labute approximate surface area is 183 Å². The molecule has 4 bridgehead atoms. The summed E-state index contributed by atoms with van der Waals surface area (Å²) in [6.07, 6.45) is 7.05. The molecule has 30 heavy (non-hydrogen) atoms. The first-order chi connectivity index (χ1) is 14.5. The van der Waals surface area contributed by atoms with E-state index < -0.39 is 0 Å². The molecule has 1 aromatic carbocycles. The van der Waals surface area contributed by atoms with Gasteiger partial charge in [0.1, 0.15) is 0 Å². The number of carbonyl (C=O) groups is 2. The van der Waals surface area contributed by atoms with Gasteiger partial charge < -0.3 is 16.4 Å². The molecular formula is C21H25N5O2S2. The van der Waals surface area contributed by atoms with E-state index in [1.807, 2.05) is 24.3 Å². The van der Waals surface area contributed by atoms with Crippen LogP contribution >= 0.6 is 23.1 Å². The molecule has 0 atom stereocenters. The summed E-state index contributed by atoms with van der Waals surface area (Å²) in [5.41, 5.74) is 6.77. The number of anilines is 3. The first-order valence-corrected chi connectivity index (χ1v) is 12.2. The molecule has 4 aliphatic carbocycles. The van der Waals surface area contributed by atoms with E-state index in [4.69, 9.17) is 5.73 Å². The Hall–Kier alpha value is -2.13. The van der Waals surface area contributed by atoms with Crippen LogP contribution in [-0.2, 0) is 9.59 Å². The topological polar surface area (TPSA) is 110 Å². The minimum Gasteiger partial charge on any atom is -0.374 e. The third-order valence-corrected chi connectivity index (χ3v) is 8.56. The van der Waals surface area contributed by atoms with Gasteiger partial charge in [-0.2, -0.15) is 0 Å². The number of nitrogens with two attached hydrogens (primary N) is 1.